The van der Waals surface area contributed by atoms with Crippen molar-refractivity contribution in [3.8, 4) is 5.75 Å². The molecule has 0 aliphatic rings. The molecule has 0 saturated carbocycles. The zero-order chi connectivity index (χ0) is 15.1. The van der Waals surface area contributed by atoms with Gasteiger partial charge in [-0.05, 0) is 49.0 Å². The van der Waals surface area contributed by atoms with Gasteiger partial charge in [-0.3, -0.25) is 4.79 Å². The Bertz CT molecular complexity index is 582. The smallest absolute Gasteiger partial charge is 0.262 e. The minimum absolute atomic E-state index is 0.0125. The van der Waals surface area contributed by atoms with Crippen LogP contribution in [-0.2, 0) is 11.3 Å². The van der Waals surface area contributed by atoms with Crippen LogP contribution in [0.15, 0.2) is 53.0 Å². The number of benzene rings is 2. The maximum absolute atomic E-state index is 11.8. The van der Waals surface area contributed by atoms with E-state index < -0.39 is 0 Å². The number of carbonyl (C=O) groups excluding carboxylic acids is 1. The predicted octanol–water partition coefficient (Wildman–Crippen LogP) is 3.19. The van der Waals surface area contributed by atoms with E-state index in [1.807, 2.05) is 55.6 Å². The molecule has 2 aromatic rings. The van der Waals surface area contributed by atoms with E-state index >= 15 is 0 Å². The molecule has 2 aromatic carbocycles. The van der Waals surface area contributed by atoms with Crippen molar-refractivity contribution < 1.29 is 9.53 Å². The molecule has 4 nitrogen and oxygen atoms in total. The fraction of sp³-hybridized carbons (Fsp3) is 0.188. The number of hydrogen-bond acceptors (Lipinski definition) is 3. The lowest BCUT2D eigenvalue weighted by Gasteiger charge is -2.08. The van der Waals surface area contributed by atoms with E-state index in [1.165, 1.54) is 5.56 Å². The highest BCUT2D eigenvalue weighted by molar-refractivity contribution is 9.10. The topological polar surface area (TPSA) is 50.4 Å². The second-order valence-electron chi connectivity index (χ2n) is 4.52. The molecule has 0 bridgehead atoms. The van der Waals surface area contributed by atoms with E-state index in [9.17, 15) is 4.79 Å². The summed E-state index contributed by atoms with van der Waals surface area (Å²) in [6.07, 6.45) is 0. The minimum atomic E-state index is -0.184. The van der Waals surface area contributed by atoms with Crippen molar-refractivity contribution >= 4 is 27.5 Å². The summed E-state index contributed by atoms with van der Waals surface area (Å²) in [5.41, 5.74) is 1.92. The van der Waals surface area contributed by atoms with Gasteiger partial charge in [0.25, 0.3) is 5.91 Å². The summed E-state index contributed by atoms with van der Waals surface area (Å²) in [7, 11) is 1.90. The molecular formula is C16H17BrN2O2. The van der Waals surface area contributed by atoms with E-state index in [4.69, 9.17) is 4.74 Å². The summed E-state index contributed by atoms with van der Waals surface area (Å²) in [6.45, 7) is 0.797. The van der Waals surface area contributed by atoms with Gasteiger partial charge in [-0.2, -0.15) is 0 Å². The van der Waals surface area contributed by atoms with Crippen molar-refractivity contribution in [3.05, 3.63) is 58.6 Å². The Labute approximate surface area is 132 Å². The summed E-state index contributed by atoms with van der Waals surface area (Å²) in [4.78, 5) is 11.8. The van der Waals surface area contributed by atoms with Gasteiger partial charge in [0.1, 0.15) is 5.75 Å². The predicted molar refractivity (Wildman–Crippen MR) is 87.5 cm³/mol. The third-order valence-corrected chi connectivity index (χ3v) is 3.33. The number of carbonyl (C=O) groups is 1. The molecule has 0 radical (unpaired) electrons. The molecule has 0 saturated heterocycles. The molecule has 0 aromatic heterocycles. The first-order valence-electron chi connectivity index (χ1n) is 6.59. The molecule has 21 heavy (non-hydrogen) atoms. The van der Waals surface area contributed by atoms with Crippen LogP contribution in [0, 0.1) is 0 Å². The molecule has 0 aliphatic carbocycles. The normalized spacial score (nSPS) is 10.2. The van der Waals surface area contributed by atoms with Gasteiger partial charge in [0.05, 0.1) is 0 Å². The Morgan fingerprint density at radius 1 is 1.10 bits per heavy atom. The van der Waals surface area contributed by atoms with Crippen molar-refractivity contribution in [2.45, 2.75) is 6.54 Å². The minimum Gasteiger partial charge on any atom is -0.484 e. The lowest BCUT2D eigenvalue weighted by atomic mass is 10.2. The molecule has 2 N–H and O–H groups in total. The molecule has 0 fully saturated rings. The van der Waals surface area contributed by atoms with Crippen molar-refractivity contribution in [1.82, 2.24) is 5.32 Å². The summed E-state index contributed by atoms with van der Waals surface area (Å²) in [5, 5.41) is 5.85. The van der Waals surface area contributed by atoms with Crippen molar-refractivity contribution in [3.63, 3.8) is 0 Å². The van der Waals surface area contributed by atoms with Crippen molar-refractivity contribution in [2.75, 3.05) is 19.0 Å². The summed E-state index contributed by atoms with van der Waals surface area (Å²) < 4.78 is 6.43. The zero-order valence-electron chi connectivity index (χ0n) is 11.7. The zero-order valence-corrected chi connectivity index (χ0v) is 13.3. The standard InChI is InChI=1S/C16H17BrN2O2/c1-18-10-12-2-8-15(9-3-12)21-11-16(20)19-14-6-4-13(17)5-7-14/h2-9,18H,10-11H2,1H3,(H,19,20). The molecule has 0 heterocycles. The fourth-order valence-electron chi connectivity index (χ4n) is 1.79. The van der Waals surface area contributed by atoms with Crippen molar-refractivity contribution in [1.29, 1.82) is 0 Å². The second-order valence-corrected chi connectivity index (χ2v) is 5.43. The third kappa shape index (κ3) is 5.21. The van der Waals surface area contributed by atoms with Gasteiger partial charge < -0.3 is 15.4 Å². The lowest BCUT2D eigenvalue weighted by Crippen LogP contribution is -2.20. The molecule has 0 atom stereocenters. The molecule has 0 spiro atoms. The molecule has 0 aliphatic heterocycles. The van der Waals surface area contributed by atoms with Crippen LogP contribution in [0.4, 0.5) is 5.69 Å². The summed E-state index contributed by atoms with van der Waals surface area (Å²) >= 11 is 3.35. The first kappa shape index (κ1) is 15.5. The van der Waals surface area contributed by atoms with E-state index in [2.05, 4.69) is 26.6 Å². The first-order chi connectivity index (χ1) is 10.2. The molecule has 1 amide bonds. The average molecular weight is 349 g/mol. The molecular weight excluding hydrogens is 332 g/mol. The third-order valence-electron chi connectivity index (χ3n) is 2.80. The van der Waals surface area contributed by atoms with Gasteiger partial charge in [0.2, 0.25) is 0 Å². The van der Waals surface area contributed by atoms with Crippen LogP contribution in [0.2, 0.25) is 0 Å². The van der Waals surface area contributed by atoms with Crippen LogP contribution in [-0.4, -0.2) is 19.6 Å². The number of hydrogen-bond donors (Lipinski definition) is 2. The van der Waals surface area contributed by atoms with Crippen LogP contribution in [0.3, 0.4) is 0 Å². The molecule has 5 heteroatoms. The molecule has 0 unspecified atom stereocenters. The highest BCUT2D eigenvalue weighted by atomic mass is 79.9. The van der Waals surface area contributed by atoms with Crippen LogP contribution in [0.5, 0.6) is 5.75 Å². The van der Waals surface area contributed by atoms with E-state index in [-0.39, 0.29) is 12.5 Å². The fourth-order valence-corrected chi connectivity index (χ4v) is 2.05. The molecule has 2 rings (SSSR count). The number of rotatable bonds is 6. The number of anilines is 1. The summed E-state index contributed by atoms with van der Waals surface area (Å²) in [5.74, 6) is 0.498. The first-order valence-corrected chi connectivity index (χ1v) is 7.38. The Morgan fingerprint density at radius 3 is 2.38 bits per heavy atom. The van der Waals surface area contributed by atoms with Crippen LogP contribution < -0.4 is 15.4 Å². The van der Waals surface area contributed by atoms with Gasteiger partial charge in [-0.1, -0.05) is 28.1 Å². The van der Waals surface area contributed by atoms with Crippen molar-refractivity contribution in [2.24, 2.45) is 0 Å². The number of ether oxygens (including phenoxy) is 1. The largest absolute Gasteiger partial charge is 0.484 e. The Balaban J connectivity index is 1.81. The highest BCUT2D eigenvalue weighted by Crippen LogP contribution is 2.15. The lowest BCUT2D eigenvalue weighted by molar-refractivity contribution is -0.118. The quantitative estimate of drug-likeness (QED) is 0.842. The van der Waals surface area contributed by atoms with E-state index in [1.54, 1.807) is 0 Å². The average Bonchev–Trinajstić information content (AvgIpc) is 2.49. The van der Waals surface area contributed by atoms with E-state index in [0.29, 0.717) is 5.75 Å². The van der Waals surface area contributed by atoms with Crippen LogP contribution in [0.25, 0.3) is 0 Å². The van der Waals surface area contributed by atoms with Gasteiger partial charge in [-0.15, -0.1) is 0 Å². The Hall–Kier alpha value is -1.85. The number of halogens is 1. The highest BCUT2D eigenvalue weighted by Gasteiger charge is 2.04. The van der Waals surface area contributed by atoms with Crippen LogP contribution in [0.1, 0.15) is 5.56 Å². The maximum Gasteiger partial charge on any atom is 0.262 e. The summed E-state index contributed by atoms with van der Waals surface area (Å²) in [6, 6.07) is 15.1. The number of nitrogens with one attached hydrogen (secondary N) is 2. The van der Waals surface area contributed by atoms with Gasteiger partial charge in [-0.25, -0.2) is 0 Å². The van der Waals surface area contributed by atoms with E-state index in [0.717, 1.165) is 16.7 Å². The van der Waals surface area contributed by atoms with Gasteiger partial charge in [0.15, 0.2) is 6.61 Å². The van der Waals surface area contributed by atoms with Crippen LogP contribution >= 0.6 is 15.9 Å². The Kier molecular flexibility index (Phi) is 5.78. The SMILES string of the molecule is CNCc1ccc(OCC(=O)Nc2ccc(Br)cc2)cc1. The second kappa shape index (κ2) is 7.81. The monoisotopic (exact) mass is 348 g/mol. The van der Waals surface area contributed by atoms with Gasteiger partial charge in [0, 0.05) is 16.7 Å². The Morgan fingerprint density at radius 2 is 1.76 bits per heavy atom. The number of amides is 1. The van der Waals surface area contributed by atoms with Gasteiger partial charge >= 0.3 is 0 Å². The maximum atomic E-state index is 11.8. The molecule has 110 valence electrons.